The number of aromatic nitrogens is 4. The summed E-state index contributed by atoms with van der Waals surface area (Å²) < 4.78 is 1.21. The van der Waals surface area contributed by atoms with Crippen LogP contribution in [0.3, 0.4) is 0 Å². The quantitative estimate of drug-likeness (QED) is 0.0280. The van der Waals surface area contributed by atoms with E-state index in [0.717, 1.165) is 39.9 Å². The summed E-state index contributed by atoms with van der Waals surface area (Å²) >= 11 is 6.38. The van der Waals surface area contributed by atoms with Gasteiger partial charge >= 0.3 is 17.8 Å². The predicted molar refractivity (Wildman–Crippen MR) is 163 cm³/mol. The minimum absolute atomic E-state index is 0.00225. The molecule has 20 nitrogen and oxygen atoms in total. The number of nitrogens with zero attached hydrogens (tertiary/aromatic N) is 8. The molecule has 252 valence electrons. The number of thioether (sulfide) groups is 1. The van der Waals surface area contributed by atoms with Crippen LogP contribution < -0.4 is 10.6 Å². The van der Waals surface area contributed by atoms with Crippen LogP contribution in [0, 0.1) is 0 Å². The van der Waals surface area contributed by atoms with Crippen molar-refractivity contribution in [2.24, 2.45) is 7.05 Å². The van der Waals surface area contributed by atoms with Crippen molar-refractivity contribution >= 4 is 71.3 Å². The number of fused-ring (bicyclic) bond motifs is 1. The fourth-order valence-electron chi connectivity index (χ4n) is 5.50. The summed E-state index contributed by atoms with van der Waals surface area (Å²) in [5.41, 5.74) is -2.97. The van der Waals surface area contributed by atoms with Gasteiger partial charge in [0.25, 0.3) is 11.8 Å². The van der Waals surface area contributed by atoms with Crippen LogP contribution in [0.25, 0.3) is 0 Å². The van der Waals surface area contributed by atoms with Gasteiger partial charge in [0.05, 0.1) is 11.4 Å². The van der Waals surface area contributed by atoms with E-state index in [2.05, 4.69) is 26.2 Å². The molecule has 3 aliphatic rings. The number of carbonyl (C=O) groups is 7. The highest BCUT2D eigenvalue weighted by atomic mass is 32.2. The van der Waals surface area contributed by atoms with Crippen molar-refractivity contribution in [3.63, 3.8) is 0 Å². The first kappa shape index (κ1) is 33.7. The Morgan fingerprint density at radius 2 is 1.92 bits per heavy atom. The van der Waals surface area contributed by atoms with E-state index < -0.39 is 63.9 Å². The van der Waals surface area contributed by atoms with E-state index in [1.807, 2.05) is 0 Å². The van der Waals surface area contributed by atoms with Crippen LogP contribution >= 0.6 is 24.0 Å². The summed E-state index contributed by atoms with van der Waals surface area (Å²) in [6.07, 6.45) is 0.196. The highest BCUT2D eigenvalue weighted by Gasteiger charge is 2.66. The largest absolute Gasteiger partial charge is 0.504 e. The second-order valence-corrected chi connectivity index (χ2v) is 11.9. The summed E-state index contributed by atoms with van der Waals surface area (Å²) in [6, 6.07) is 1.20. The molecule has 6 amide bonds. The Labute approximate surface area is 279 Å². The summed E-state index contributed by atoms with van der Waals surface area (Å²) in [5.74, 6) is -7.31. The molecule has 2 aromatic rings. The Hall–Kier alpha value is -5.64. The second kappa shape index (κ2) is 12.9. The molecule has 3 aliphatic heterocycles. The number of tetrazole rings is 1. The van der Waals surface area contributed by atoms with E-state index in [9.17, 15) is 48.9 Å². The van der Waals surface area contributed by atoms with Gasteiger partial charge in [-0.3, -0.25) is 33.7 Å². The second-order valence-electron chi connectivity index (χ2n) is 10.4. The third-order valence-corrected chi connectivity index (χ3v) is 9.63. The van der Waals surface area contributed by atoms with Gasteiger partial charge in [0.2, 0.25) is 18.5 Å². The van der Waals surface area contributed by atoms with Gasteiger partial charge in [-0.05, 0) is 35.0 Å². The molecule has 1 aromatic carbocycles. The highest BCUT2D eigenvalue weighted by molar-refractivity contribution is 8.00. The number of nitrogens with one attached hydrogen (secondary N) is 2. The number of rotatable bonds is 12. The molecule has 0 saturated carbocycles. The zero-order valence-corrected chi connectivity index (χ0v) is 26.6. The van der Waals surface area contributed by atoms with Crippen LogP contribution in [-0.2, 0) is 40.6 Å². The number of phenolic OH excluding ortho intramolecular Hbond substituents is 2. The SMILES string of the molecule is CCN1CCN(N(C=O)C(C(=O)N[C@]2(NC=O)C(=O)N3C(C(=O)O)=C(C(=S)c4nnnn4C)CS[C@H]32)c2ccc(O)c(O)c2)C(=O)C1=O. The monoisotopic (exact) mass is 702 g/mol. The fraction of sp³-hybridized carbons (Fsp3) is 0.346. The molecule has 0 radical (unpaired) electrons. The average molecular weight is 703 g/mol. The number of phenols is 2. The molecular formula is C26H26N10O10S2. The molecule has 3 atom stereocenters. The molecule has 5 N–H and O–H groups in total. The molecule has 0 spiro atoms. The maximum Gasteiger partial charge on any atom is 0.353 e. The highest BCUT2D eigenvalue weighted by Crippen LogP contribution is 2.46. The number of amides is 6. The lowest BCUT2D eigenvalue weighted by Gasteiger charge is -2.56. The average Bonchev–Trinajstić information content (AvgIpc) is 3.50. The first-order valence-electron chi connectivity index (χ1n) is 13.9. The van der Waals surface area contributed by atoms with Crippen molar-refractivity contribution in [2.75, 3.05) is 25.4 Å². The number of carboxylic acids is 1. The number of benzene rings is 1. The Morgan fingerprint density at radius 3 is 2.50 bits per heavy atom. The number of hydrazine groups is 1. The molecule has 1 aromatic heterocycles. The van der Waals surface area contributed by atoms with Crippen molar-refractivity contribution in [1.29, 1.82) is 0 Å². The van der Waals surface area contributed by atoms with Gasteiger partial charge in [0.15, 0.2) is 23.4 Å². The number of hydrogen-bond acceptors (Lipinski definition) is 14. The van der Waals surface area contributed by atoms with Crippen LogP contribution in [0.15, 0.2) is 29.5 Å². The van der Waals surface area contributed by atoms with Crippen molar-refractivity contribution in [3.05, 3.63) is 40.9 Å². The smallest absolute Gasteiger partial charge is 0.353 e. The van der Waals surface area contributed by atoms with Crippen molar-refractivity contribution in [3.8, 4) is 11.5 Å². The van der Waals surface area contributed by atoms with E-state index in [1.54, 1.807) is 6.92 Å². The van der Waals surface area contributed by atoms with Crippen molar-refractivity contribution in [1.82, 2.24) is 50.7 Å². The van der Waals surface area contributed by atoms with Crippen LogP contribution in [0.2, 0.25) is 0 Å². The Morgan fingerprint density at radius 1 is 1.19 bits per heavy atom. The maximum absolute atomic E-state index is 14.2. The Kier molecular flexibility index (Phi) is 9.04. The number of hydrogen-bond donors (Lipinski definition) is 5. The van der Waals surface area contributed by atoms with Crippen LogP contribution in [0.1, 0.15) is 24.4 Å². The molecule has 2 saturated heterocycles. The van der Waals surface area contributed by atoms with E-state index in [1.165, 1.54) is 16.6 Å². The number of aromatic hydroxyl groups is 2. The van der Waals surface area contributed by atoms with Gasteiger partial charge < -0.3 is 30.9 Å². The lowest BCUT2D eigenvalue weighted by Crippen LogP contribution is -2.85. The zero-order valence-electron chi connectivity index (χ0n) is 25.0. The van der Waals surface area contributed by atoms with Crippen LogP contribution in [0.5, 0.6) is 11.5 Å². The van der Waals surface area contributed by atoms with E-state index in [4.69, 9.17) is 12.2 Å². The lowest BCUT2D eigenvalue weighted by molar-refractivity contribution is -0.178. The number of carboxylic acid groups (broad SMARTS) is 1. The lowest BCUT2D eigenvalue weighted by atomic mass is 9.93. The van der Waals surface area contributed by atoms with Gasteiger partial charge in [-0.15, -0.1) is 16.9 Å². The molecule has 22 heteroatoms. The Balaban J connectivity index is 1.53. The summed E-state index contributed by atoms with van der Waals surface area (Å²) in [5, 5.41) is 45.9. The molecule has 5 rings (SSSR count). The summed E-state index contributed by atoms with van der Waals surface area (Å²) in [6.45, 7) is 1.62. The van der Waals surface area contributed by atoms with Gasteiger partial charge in [0.1, 0.15) is 11.1 Å². The zero-order chi connectivity index (χ0) is 35.1. The third kappa shape index (κ3) is 5.33. The number of aliphatic carboxylic acids is 1. The number of piperazine rings is 1. The topological polar surface area (TPSA) is 261 Å². The Bertz CT molecular complexity index is 1800. The molecule has 0 aliphatic carbocycles. The van der Waals surface area contributed by atoms with Gasteiger partial charge in [0, 0.05) is 31.5 Å². The van der Waals surface area contributed by atoms with E-state index in [-0.39, 0.29) is 60.0 Å². The van der Waals surface area contributed by atoms with Crippen LogP contribution in [-0.4, -0.2) is 139 Å². The van der Waals surface area contributed by atoms with Gasteiger partial charge in [-0.2, -0.15) is 0 Å². The molecule has 1 unspecified atom stereocenters. The molecule has 4 heterocycles. The van der Waals surface area contributed by atoms with Crippen molar-refractivity contribution < 1.29 is 48.9 Å². The first-order chi connectivity index (χ1) is 22.8. The van der Waals surface area contributed by atoms with Gasteiger partial charge in [-0.1, -0.05) is 18.3 Å². The number of thiocarbonyl (C=S) groups is 1. The molecule has 2 fully saturated rings. The number of aryl methyl sites for hydroxylation is 1. The third-order valence-electron chi connectivity index (χ3n) is 7.86. The minimum Gasteiger partial charge on any atom is -0.504 e. The summed E-state index contributed by atoms with van der Waals surface area (Å²) in [7, 11) is 1.48. The standard InChI is InChI=1S/C26H26N10O10S2/c1-3-33-6-7-34(22(43)21(33)42)35(11-38)16(12-4-5-14(39)15(40)8-12)20(41)28-26(27-10-37)24(46)36-17(23(44)45)13(9-48-25(26)36)18(47)19-29-30-31-32(19)2/h4-5,8,10-11,16,25,39-40H,3,6-7,9H2,1-2H3,(H,27,37)(H,28,41)(H,44,45)/t16?,25-,26+/m0/s1. The van der Waals surface area contributed by atoms with Gasteiger partial charge in [-0.25, -0.2) is 19.5 Å². The normalized spacial score (nSPS) is 21.2. The van der Waals surface area contributed by atoms with E-state index in [0.29, 0.717) is 5.01 Å². The molecule has 0 bridgehead atoms. The summed E-state index contributed by atoms with van der Waals surface area (Å²) in [4.78, 5) is 92.7. The van der Waals surface area contributed by atoms with Crippen LogP contribution in [0.4, 0.5) is 0 Å². The number of β-lactam (4-membered cyclic amide) rings is 1. The first-order valence-corrected chi connectivity index (χ1v) is 15.4. The van der Waals surface area contributed by atoms with Crippen molar-refractivity contribution in [2.45, 2.75) is 24.0 Å². The fourth-order valence-corrected chi connectivity index (χ4v) is 7.37. The number of carbonyl (C=O) groups excluding carboxylic acids is 6. The molecular weight excluding hydrogens is 676 g/mol. The predicted octanol–water partition coefficient (Wildman–Crippen LogP) is -3.04. The number of likely N-dealkylation sites (N-methyl/N-ethyl adjacent to an activating group) is 1. The minimum atomic E-state index is -2.28. The molecule has 48 heavy (non-hydrogen) atoms. The maximum atomic E-state index is 14.2. The van der Waals surface area contributed by atoms with E-state index >= 15 is 0 Å².